The highest BCUT2D eigenvalue weighted by Gasteiger charge is 2.23. The minimum Gasteiger partial charge on any atom is -0.497 e. The molecule has 4 heteroatoms. The summed E-state index contributed by atoms with van der Waals surface area (Å²) in [5, 5.41) is 2.99. The Balaban J connectivity index is 1.55. The summed E-state index contributed by atoms with van der Waals surface area (Å²) in [6.45, 7) is 1.22. The van der Waals surface area contributed by atoms with E-state index in [2.05, 4.69) is 11.4 Å². The highest BCUT2D eigenvalue weighted by Crippen LogP contribution is 2.32. The van der Waals surface area contributed by atoms with Gasteiger partial charge in [-0.05, 0) is 23.8 Å². The molecule has 22 heavy (non-hydrogen) atoms. The second-order valence-corrected chi connectivity index (χ2v) is 5.38. The van der Waals surface area contributed by atoms with Crippen molar-refractivity contribution >= 4 is 5.91 Å². The molecule has 0 spiro atoms. The number of carbonyl (C=O) groups is 1. The van der Waals surface area contributed by atoms with E-state index in [1.165, 1.54) is 5.56 Å². The molecule has 1 unspecified atom stereocenters. The van der Waals surface area contributed by atoms with Gasteiger partial charge < -0.3 is 14.8 Å². The van der Waals surface area contributed by atoms with Crippen LogP contribution < -0.4 is 14.8 Å². The number of nitrogens with one attached hydrogen (secondary N) is 1. The highest BCUT2D eigenvalue weighted by atomic mass is 16.5. The number of methoxy groups -OCH3 is 1. The van der Waals surface area contributed by atoms with Crippen LogP contribution in [-0.2, 0) is 11.2 Å². The number of carbonyl (C=O) groups excluding carboxylic acids is 1. The lowest BCUT2D eigenvalue weighted by molar-refractivity contribution is -0.120. The highest BCUT2D eigenvalue weighted by molar-refractivity contribution is 5.78. The van der Waals surface area contributed by atoms with Crippen molar-refractivity contribution in [3.8, 4) is 11.5 Å². The van der Waals surface area contributed by atoms with Gasteiger partial charge in [0.1, 0.15) is 11.5 Å². The van der Waals surface area contributed by atoms with Gasteiger partial charge in [0, 0.05) is 18.0 Å². The Bertz CT molecular complexity index is 669. The van der Waals surface area contributed by atoms with E-state index in [9.17, 15) is 4.79 Å². The molecule has 0 saturated heterocycles. The van der Waals surface area contributed by atoms with Crippen LogP contribution >= 0.6 is 0 Å². The van der Waals surface area contributed by atoms with Gasteiger partial charge in [0.05, 0.1) is 20.1 Å². The van der Waals surface area contributed by atoms with E-state index in [1.807, 2.05) is 42.5 Å². The molecule has 2 aromatic carbocycles. The topological polar surface area (TPSA) is 47.6 Å². The van der Waals surface area contributed by atoms with Crippen molar-refractivity contribution in [2.45, 2.75) is 12.3 Å². The zero-order valence-electron chi connectivity index (χ0n) is 12.5. The Kier molecular flexibility index (Phi) is 4.28. The molecule has 1 N–H and O–H groups in total. The fourth-order valence-corrected chi connectivity index (χ4v) is 2.67. The first-order valence-electron chi connectivity index (χ1n) is 7.37. The molecule has 1 heterocycles. The van der Waals surface area contributed by atoms with Gasteiger partial charge in [-0.25, -0.2) is 0 Å². The summed E-state index contributed by atoms with van der Waals surface area (Å²) < 4.78 is 10.8. The first-order chi connectivity index (χ1) is 10.8. The first kappa shape index (κ1) is 14.4. The van der Waals surface area contributed by atoms with E-state index < -0.39 is 0 Å². The number of ether oxygens (including phenoxy) is 2. The molecule has 114 valence electrons. The van der Waals surface area contributed by atoms with E-state index in [0.717, 1.165) is 17.1 Å². The standard InChI is InChI=1S/C18H19NO3/c1-21-15-6-4-5-13(9-15)10-18(20)19-11-14-12-22-17-8-3-2-7-16(14)17/h2-9,14H,10-12H2,1H3,(H,19,20). The molecule has 3 rings (SSSR count). The van der Waals surface area contributed by atoms with Crippen molar-refractivity contribution < 1.29 is 14.3 Å². The summed E-state index contributed by atoms with van der Waals surface area (Å²) in [4.78, 5) is 12.1. The second kappa shape index (κ2) is 6.52. The predicted molar refractivity (Wildman–Crippen MR) is 84.4 cm³/mol. The maximum Gasteiger partial charge on any atom is 0.224 e. The molecule has 0 aromatic heterocycles. The van der Waals surface area contributed by atoms with E-state index >= 15 is 0 Å². The maximum absolute atomic E-state index is 12.1. The number of rotatable bonds is 5. The lowest BCUT2D eigenvalue weighted by Gasteiger charge is -2.11. The number of amides is 1. The molecular weight excluding hydrogens is 278 g/mol. The number of para-hydroxylation sites is 1. The van der Waals surface area contributed by atoms with Gasteiger partial charge in [0.15, 0.2) is 0 Å². The Morgan fingerprint density at radius 3 is 3.00 bits per heavy atom. The summed E-state index contributed by atoms with van der Waals surface area (Å²) >= 11 is 0. The van der Waals surface area contributed by atoms with Gasteiger partial charge in [-0.2, -0.15) is 0 Å². The number of fused-ring (bicyclic) bond motifs is 1. The average molecular weight is 297 g/mol. The maximum atomic E-state index is 12.1. The predicted octanol–water partition coefficient (Wildman–Crippen LogP) is 2.53. The van der Waals surface area contributed by atoms with Crippen LogP contribution in [0.2, 0.25) is 0 Å². The second-order valence-electron chi connectivity index (χ2n) is 5.38. The third kappa shape index (κ3) is 3.22. The van der Waals surface area contributed by atoms with Gasteiger partial charge in [0.25, 0.3) is 0 Å². The fourth-order valence-electron chi connectivity index (χ4n) is 2.67. The van der Waals surface area contributed by atoms with Gasteiger partial charge in [-0.3, -0.25) is 4.79 Å². The van der Waals surface area contributed by atoms with Crippen molar-refractivity contribution in [1.29, 1.82) is 0 Å². The summed E-state index contributed by atoms with van der Waals surface area (Å²) in [6.07, 6.45) is 0.354. The molecule has 1 aliphatic heterocycles. The van der Waals surface area contributed by atoms with Crippen LogP contribution in [0.5, 0.6) is 11.5 Å². The van der Waals surface area contributed by atoms with Crippen molar-refractivity contribution in [2.75, 3.05) is 20.3 Å². The summed E-state index contributed by atoms with van der Waals surface area (Å²) in [5.74, 6) is 1.93. The molecule has 2 aromatic rings. The van der Waals surface area contributed by atoms with E-state index in [4.69, 9.17) is 9.47 Å². The Hall–Kier alpha value is -2.49. The third-order valence-electron chi connectivity index (χ3n) is 3.84. The molecule has 0 fully saturated rings. The number of benzene rings is 2. The molecule has 1 atom stereocenters. The van der Waals surface area contributed by atoms with Crippen LogP contribution in [0.15, 0.2) is 48.5 Å². The zero-order valence-corrected chi connectivity index (χ0v) is 12.5. The number of hydrogen-bond donors (Lipinski definition) is 1. The van der Waals surface area contributed by atoms with Gasteiger partial charge in [-0.15, -0.1) is 0 Å². The van der Waals surface area contributed by atoms with Crippen molar-refractivity contribution in [1.82, 2.24) is 5.32 Å². The van der Waals surface area contributed by atoms with Gasteiger partial charge in [-0.1, -0.05) is 30.3 Å². The Morgan fingerprint density at radius 1 is 1.27 bits per heavy atom. The molecule has 0 aliphatic carbocycles. The smallest absolute Gasteiger partial charge is 0.224 e. The molecule has 4 nitrogen and oxygen atoms in total. The molecule has 1 aliphatic rings. The monoisotopic (exact) mass is 297 g/mol. The van der Waals surface area contributed by atoms with E-state index in [1.54, 1.807) is 7.11 Å². The molecule has 1 amide bonds. The minimum absolute atomic E-state index is 0.0117. The van der Waals surface area contributed by atoms with Crippen LogP contribution in [0, 0.1) is 0 Å². The summed E-state index contributed by atoms with van der Waals surface area (Å²) in [7, 11) is 1.62. The van der Waals surface area contributed by atoms with Crippen molar-refractivity contribution in [2.24, 2.45) is 0 Å². The van der Waals surface area contributed by atoms with E-state index in [-0.39, 0.29) is 11.8 Å². The molecular formula is C18H19NO3. The van der Waals surface area contributed by atoms with Crippen molar-refractivity contribution in [3.63, 3.8) is 0 Å². The van der Waals surface area contributed by atoms with E-state index in [0.29, 0.717) is 19.6 Å². The minimum atomic E-state index is 0.0117. The number of hydrogen-bond acceptors (Lipinski definition) is 3. The SMILES string of the molecule is COc1cccc(CC(=O)NCC2COc3ccccc32)c1. The molecule has 0 saturated carbocycles. The fraction of sp³-hybridized carbons (Fsp3) is 0.278. The van der Waals surface area contributed by atoms with Crippen LogP contribution in [0.1, 0.15) is 17.0 Å². The third-order valence-corrected chi connectivity index (χ3v) is 3.84. The lowest BCUT2D eigenvalue weighted by Crippen LogP contribution is -2.30. The normalized spacial score (nSPS) is 15.8. The Morgan fingerprint density at radius 2 is 2.14 bits per heavy atom. The average Bonchev–Trinajstić information content (AvgIpc) is 2.96. The Labute approximate surface area is 130 Å². The summed E-state index contributed by atoms with van der Waals surface area (Å²) in [5.41, 5.74) is 2.11. The van der Waals surface area contributed by atoms with Crippen LogP contribution in [0.25, 0.3) is 0 Å². The van der Waals surface area contributed by atoms with Gasteiger partial charge >= 0.3 is 0 Å². The largest absolute Gasteiger partial charge is 0.497 e. The molecule has 0 bridgehead atoms. The van der Waals surface area contributed by atoms with Crippen LogP contribution in [0.4, 0.5) is 0 Å². The zero-order chi connectivity index (χ0) is 15.4. The lowest BCUT2D eigenvalue weighted by atomic mass is 10.0. The summed E-state index contributed by atoms with van der Waals surface area (Å²) in [6, 6.07) is 15.6. The van der Waals surface area contributed by atoms with Crippen LogP contribution in [-0.4, -0.2) is 26.2 Å². The van der Waals surface area contributed by atoms with Crippen LogP contribution in [0.3, 0.4) is 0 Å². The first-order valence-corrected chi connectivity index (χ1v) is 7.37. The van der Waals surface area contributed by atoms with Crippen molar-refractivity contribution in [3.05, 3.63) is 59.7 Å². The molecule has 0 radical (unpaired) electrons. The van der Waals surface area contributed by atoms with Gasteiger partial charge in [0.2, 0.25) is 5.91 Å². The quantitative estimate of drug-likeness (QED) is 0.922.